The van der Waals surface area contributed by atoms with Crippen molar-refractivity contribution in [2.24, 2.45) is 5.92 Å². The Labute approximate surface area is 117 Å². The number of carbonyl (C=O) groups is 3. The van der Waals surface area contributed by atoms with Gasteiger partial charge in [0.1, 0.15) is 0 Å². The predicted octanol–water partition coefficient (Wildman–Crippen LogP) is -0.137. The summed E-state index contributed by atoms with van der Waals surface area (Å²) < 4.78 is 4.57. The zero-order valence-electron chi connectivity index (χ0n) is 11.8. The molecule has 118 valence electrons. The predicted molar refractivity (Wildman–Crippen MR) is 68.0 cm³/mol. The third kappa shape index (κ3) is 9.29. The van der Waals surface area contributed by atoms with Crippen LogP contribution < -0.4 is 0 Å². The molecule has 4 N–H and O–H groups in total. The second kappa shape index (κ2) is 11.2. The molecule has 3 unspecified atom stereocenters. The third-order valence-corrected chi connectivity index (χ3v) is 2.40. The van der Waals surface area contributed by atoms with Crippen LogP contribution in [-0.4, -0.2) is 57.7 Å². The monoisotopic (exact) mass is 294 g/mol. The maximum Gasteiger partial charge on any atom is 0.335 e. The van der Waals surface area contributed by atoms with Crippen molar-refractivity contribution in [3.63, 3.8) is 0 Å². The average molecular weight is 294 g/mol. The lowest BCUT2D eigenvalue weighted by Gasteiger charge is -2.07. The smallest absolute Gasteiger partial charge is 0.335 e. The summed E-state index contributed by atoms with van der Waals surface area (Å²) in [6.45, 7) is 4.02. The summed E-state index contributed by atoms with van der Waals surface area (Å²) in [5.74, 6) is -3.55. The van der Waals surface area contributed by atoms with Crippen molar-refractivity contribution >= 4 is 17.9 Å². The third-order valence-electron chi connectivity index (χ3n) is 2.40. The van der Waals surface area contributed by atoms with E-state index >= 15 is 0 Å². The minimum absolute atomic E-state index is 0.0740. The van der Waals surface area contributed by atoms with E-state index in [1.807, 2.05) is 6.92 Å². The molecule has 0 aliphatic rings. The maximum atomic E-state index is 10.8. The van der Waals surface area contributed by atoms with Gasteiger partial charge in [0.2, 0.25) is 0 Å². The van der Waals surface area contributed by atoms with Crippen LogP contribution in [0.2, 0.25) is 0 Å². The van der Waals surface area contributed by atoms with E-state index in [0.717, 1.165) is 19.3 Å². The van der Waals surface area contributed by atoms with Crippen LogP contribution in [0, 0.1) is 5.92 Å². The molecule has 0 amide bonds. The van der Waals surface area contributed by atoms with Gasteiger partial charge in [-0.2, -0.15) is 0 Å². The molecular formula is C12H22O8. The van der Waals surface area contributed by atoms with Crippen molar-refractivity contribution in [3.05, 3.63) is 0 Å². The van der Waals surface area contributed by atoms with Gasteiger partial charge >= 0.3 is 17.9 Å². The molecule has 0 aromatic carbocycles. The Kier molecular flexibility index (Phi) is 11.5. The zero-order chi connectivity index (χ0) is 16.3. The largest absolute Gasteiger partial charge is 0.479 e. The van der Waals surface area contributed by atoms with Gasteiger partial charge in [0, 0.05) is 0 Å². The molecule has 0 fully saturated rings. The van der Waals surface area contributed by atoms with E-state index in [0.29, 0.717) is 0 Å². The first-order valence-corrected chi connectivity index (χ1v) is 6.08. The van der Waals surface area contributed by atoms with Crippen molar-refractivity contribution in [2.45, 2.75) is 45.3 Å². The van der Waals surface area contributed by atoms with E-state index in [2.05, 4.69) is 11.7 Å². The van der Waals surface area contributed by atoms with Gasteiger partial charge in [-0.05, 0) is 6.42 Å². The van der Waals surface area contributed by atoms with E-state index < -0.39 is 24.1 Å². The van der Waals surface area contributed by atoms with Gasteiger partial charge < -0.3 is 25.2 Å². The number of aliphatic hydroxyl groups is 2. The Bertz CT molecular complexity index is 297. The second-order valence-electron chi connectivity index (χ2n) is 4.13. The maximum absolute atomic E-state index is 10.8. The summed E-state index contributed by atoms with van der Waals surface area (Å²) in [6, 6.07) is 0. The van der Waals surface area contributed by atoms with Crippen LogP contribution in [0.15, 0.2) is 0 Å². The standard InChI is InChI=1S/C8H16O2.C4H6O6/c1-4-5-6-7(2)8(9)10-3;5-1(3(7)8)2(6)4(9)10/h7H,4-6H2,1-3H3;1-2,5-6H,(H,7,8)(H,9,10). The SMILES string of the molecule is CCCCC(C)C(=O)OC.O=C(O)C(O)C(O)C(=O)O. The average Bonchev–Trinajstić information content (AvgIpc) is 2.42. The highest BCUT2D eigenvalue weighted by atomic mass is 16.5. The van der Waals surface area contributed by atoms with Crippen LogP contribution in [0.4, 0.5) is 0 Å². The number of ether oxygens (including phenoxy) is 1. The first kappa shape index (κ1) is 20.6. The topological polar surface area (TPSA) is 141 Å². The first-order chi connectivity index (χ1) is 9.18. The van der Waals surface area contributed by atoms with E-state index in [9.17, 15) is 14.4 Å². The molecule has 8 nitrogen and oxygen atoms in total. The van der Waals surface area contributed by atoms with Gasteiger partial charge in [-0.3, -0.25) is 4.79 Å². The fourth-order valence-electron chi connectivity index (χ4n) is 1.10. The molecule has 0 spiro atoms. The molecule has 0 aliphatic heterocycles. The molecular weight excluding hydrogens is 272 g/mol. The summed E-state index contributed by atoms with van der Waals surface area (Å²) in [4.78, 5) is 30.3. The minimum Gasteiger partial charge on any atom is -0.479 e. The number of aliphatic carboxylic acids is 2. The highest BCUT2D eigenvalue weighted by Gasteiger charge is 2.29. The summed E-state index contributed by atoms with van der Waals surface area (Å²) in [7, 11) is 1.44. The number of esters is 1. The highest BCUT2D eigenvalue weighted by molar-refractivity contribution is 5.83. The van der Waals surface area contributed by atoms with E-state index in [1.165, 1.54) is 7.11 Å². The van der Waals surface area contributed by atoms with Crippen molar-refractivity contribution < 1.29 is 39.5 Å². The molecule has 0 bridgehead atoms. The lowest BCUT2D eigenvalue weighted by molar-refractivity contribution is -0.165. The Morgan fingerprint density at radius 2 is 1.45 bits per heavy atom. The van der Waals surface area contributed by atoms with Crippen molar-refractivity contribution in [3.8, 4) is 0 Å². The summed E-state index contributed by atoms with van der Waals surface area (Å²) in [5, 5.41) is 32.5. The summed E-state index contributed by atoms with van der Waals surface area (Å²) >= 11 is 0. The first-order valence-electron chi connectivity index (χ1n) is 6.08. The number of carboxylic acids is 2. The molecule has 0 heterocycles. The van der Waals surface area contributed by atoms with E-state index in [4.69, 9.17) is 20.4 Å². The fourth-order valence-corrected chi connectivity index (χ4v) is 1.10. The molecule has 20 heavy (non-hydrogen) atoms. The number of aliphatic hydroxyl groups excluding tert-OH is 2. The lowest BCUT2D eigenvalue weighted by Crippen LogP contribution is -2.39. The number of carboxylic acid groups (broad SMARTS) is 2. The lowest BCUT2D eigenvalue weighted by atomic mass is 10.1. The van der Waals surface area contributed by atoms with Crippen molar-refractivity contribution in [1.29, 1.82) is 0 Å². The van der Waals surface area contributed by atoms with Crippen LogP contribution in [0.25, 0.3) is 0 Å². The molecule has 0 saturated carbocycles. The number of hydrogen-bond acceptors (Lipinski definition) is 6. The molecule has 8 heteroatoms. The summed E-state index contributed by atoms with van der Waals surface area (Å²) in [5.41, 5.74) is 0. The van der Waals surface area contributed by atoms with Gasteiger partial charge in [0.05, 0.1) is 13.0 Å². The van der Waals surface area contributed by atoms with Crippen molar-refractivity contribution in [2.75, 3.05) is 7.11 Å². The number of carbonyl (C=O) groups excluding carboxylic acids is 1. The Morgan fingerprint density at radius 1 is 1.05 bits per heavy atom. The summed E-state index contributed by atoms with van der Waals surface area (Å²) in [6.07, 6.45) is -1.34. The second-order valence-corrected chi connectivity index (χ2v) is 4.13. The van der Waals surface area contributed by atoms with Crippen LogP contribution in [0.5, 0.6) is 0 Å². The fraction of sp³-hybridized carbons (Fsp3) is 0.750. The van der Waals surface area contributed by atoms with E-state index in [1.54, 1.807) is 0 Å². The van der Waals surface area contributed by atoms with E-state index in [-0.39, 0.29) is 11.9 Å². The van der Waals surface area contributed by atoms with Gasteiger partial charge in [-0.1, -0.05) is 26.7 Å². The van der Waals surface area contributed by atoms with Gasteiger partial charge in [0.25, 0.3) is 0 Å². The van der Waals surface area contributed by atoms with Crippen LogP contribution in [-0.2, 0) is 19.1 Å². The number of unbranched alkanes of at least 4 members (excludes halogenated alkanes) is 1. The van der Waals surface area contributed by atoms with Crippen LogP contribution >= 0.6 is 0 Å². The molecule has 3 atom stereocenters. The normalized spacial score (nSPS) is 14.2. The molecule has 0 aliphatic carbocycles. The van der Waals surface area contributed by atoms with Crippen molar-refractivity contribution in [1.82, 2.24) is 0 Å². The zero-order valence-corrected chi connectivity index (χ0v) is 11.8. The number of methoxy groups -OCH3 is 1. The minimum atomic E-state index is -2.27. The Balaban J connectivity index is 0. The molecule has 0 saturated heterocycles. The van der Waals surface area contributed by atoms with Crippen LogP contribution in [0.1, 0.15) is 33.1 Å². The highest BCUT2D eigenvalue weighted by Crippen LogP contribution is 2.08. The number of rotatable bonds is 7. The quantitative estimate of drug-likeness (QED) is 0.475. The number of hydrogen-bond donors (Lipinski definition) is 4. The molecule has 0 radical (unpaired) electrons. The molecule has 0 aromatic heterocycles. The Morgan fingerprint density at radius 3 is 1.70 bits per heavy atom. The van der Waals surface area contributed by atoms with Crippen LogP contribution in [0.3, 0.4) is 0 Å². The van der Waals surface area contributed by atoms with Gasteiger partial charge in [0.15, 0.2) is 12.2 Å². The Hall–Kier alpha value is -1.67. The molecule has 0 aromatic rings. The molecule has 0 rings (SSSR count). The van der Waals surface area contributed by atoms with Gasteiger partial charge in [-0.15, -0.1) is 0 Å². The van der Waals surface area contributed by atoms with Gasteiger partial charge in [-0.25, -0.2) is 9.59 Å².